The summed E-state index contributed by atoms with van der Waals surface area (Å²) in [6, 6.07) is 6.71. The lowest BCUT2D eigenvalue weighted by Gasteiger charge is -2.11. The van der Waals surface area contributed by atoms with Gasteiger partial charge in [-0.2, -0.15) is 13.2 Å². The molecular weight excluding hydrogens is 315 g/mol. The van der Waals surface area contributed by atoms with Crippen molar-refractivity contribution < 1.29 is 18.0 Å². The van der Waals surface area contributed by atoms with Crippen LogP contribution < -0.4 is 5.32 Å². The van der Waals surface area contributed by atoms with E-state index in [1.54, 1.807) is 43.6 Å². The Labute approximate surface area is 129 Å². The maximum atomic E-state index is 12.1. The Hall–Kier alpha value is -2.09. The molecular formula is C14H12F3N3OS. The lowest BCUT2D eigenvalue weighted by Crippen LogP contribution is -2.21. The number of hydrogen-bond acceptors (Lipinski definition) is 4. The van der Waals surface area contributed by atoms with Crippen LogP contribution in [0.2, 0.25) is 0 Å². The normalized spacial score (nSPS) is 11.3. The quantitative estimate of drug-likeness (QED) is 0.867. The Bertz CT molecular complexity index is 662. The number of benzene rings is 1. The molecule has 0 atom stereocenters. The number of carbonyl (C=O) groups excluding carboxylic acids is 1. The van der Waals surface area contributed by atoms with Gasteiger partial charge in [-0.25, -0.2) is 9.97 Å². The molecule has 116 valence electrons. The lowest BCUT2D eigenvalue weighted by molar-refractivity contribution is -0.150. The van der Waals surface area contributed by atoms with Crippen LogP contribution in [0.15, 0.2) is 46.7 Å². The Balaban J connectivity index is 2.05. The molecule has 2 rings (SSSR count). The fraction of sp³-hybridized carbons (Fsp3) is 0.214. The zero-order valence-corrected chi connectivity index (χ0v) is 12.3. The molecule has 0 aliphatic carbocycles. The van der Waals surface area contributed by atoms with E-state index in [4.69, 9.17) is 0 Å². The number of halogens is 3. The Morgan fingerprint density at radius 1 is 1.27 bits per heavy atom. The average Bonchev–Trinajstić information content (AvgIpc) is 2.41. The van der Waals surface area contributed by atoms with Crippen molar-refractivity contribution in [1.82, 2.24) is 9.97 Å². The summed E-state index contributed by atoms with van der Waals surface area (Å²) in [5.74, 6) is -1.08. The van der Waals surface area contributed by atoms with Crippen molar-refractivity contribution in [1.29, 1.82) is 0 Å². The molecule has 2 aromatic rings. The molecule has 1 amide bonds. The monoisotopic (exact) mass is 327 g/mol. The van der Waals surface area contributed by atoms with Gasteiger partial charge < -0.3 is 5.32 Å². The van der Waals surface area contributed by atoms with Gasteiger partial charge in [-0.15, -0.1) is 0 Å². The summed E-state index contributed by atoms with van der Waals surface area (Å²) in [5.41, 5.74) is 1.02. The van der Waals surface area contributed by atoms with E-state index in [-0.39, 0.29) is 0 Å². The lowest BCUT2D eigenvalue weighted by atomic mass is 10.2. The van der Waals surface area contributed by atoms with Crippen molar-refractivity contribution in [3.05, 3.63) is 42.2 Å². The highest BCUT2D eigenvalue weighted by Gasteiger charge is 2.31. The second-order valence-electron chi connectivity index (χ2n) is 4.45. The van der Waals surface area contributed by atoms with Crippen LogP contribution in [0.1, 0.15) is 12.0 Å². The minimum absolute atomic E-state index is 0.354. The van der Waals surface area contributed by atoms with Gasteiger partial charge in [0.2, 0.25) is 5.91 Å². The first-order valence-electron chi connectivity index (χ1n) is 6.25. The number of aromatic nitrogens is 2. The number of hydrogen-bond donors (Lipinski definition) is 1. The molecule has 22 heavy (non-hydrogen) atoms. The zero-order valence-electron chi connectivity index (χ0n) is 11.5. The Morgan fingerprint density at radius 2 is 1.95 bits per heavy atom. The van der Waals surface area contributed by atoms with Crippen LogP contribution in [0.5, 0.6) is 0 Å². The molecule has 1 heterocycles. The predicted octanol–water partition coefficient (Wildman–Crippen LogP) is 3.83. The maximum Gasteiger partial charge on any atom is 0.397 e. The minimum atomic E-state index is -4.52. The number of amides is 1. The highest BCUT2D eigenvalue weighted by Crippen LogP contribution is 2.28. The first-order valence-corrected chi connectivity index (χ1v) is 7.07. The van der Waals surface area contributed by atoms with Crippen molar-refractivity contribution in [2.24, 2.45) is 0 Å². The highest BCUT2D eigenvalue weighted by molar-refractivity contribution is 7.99. The number of anilines is 1. The van der Waals surface area contributed by atoms with E-state index >= 15 is 0 Å². The van der Waals surface area contributed by atoms with Crippen molar-refractivity contribution >= 4 is 23.4 Å². The maximum absolute atomic E-state index is 12.1. The number of nitrogens with one attached hydrogen (secondary N) is 1. The van der Waals surface area contributed by atoms with Gasteiger partial charge in [-0.05, 0) is 48.5 Å². The summed E-state index contributed by atoms with van der Waals surface area (Å²) in [6.07, 6.45) is -2.78. The zero-order chi connectivity index (χ0) is 16.2. The molecule has 0 aliphatic rings. The molecule has 0 bridgehead atoms. The second-order valence-corrected chi connectivity index (χ2v) is 5.49. The largest absolute Gasteiger partial charge is 0.397 e. The van der Waals surface area contributed by atoms with Crippen LogP contribution in [0.25, 0.3) is 0 Å². The predicted molar refractivity (Wildman–Crippen MR) is 76.6 cm³/mol. The second kappa shape index (κ2) is 6.78. The van der Waals surface area contributed by atoms with E-state index in [0.29, 0.717) is 16.4 Å². The SMILES string of the molecule is Cc1cc(Sc2ncccn2)ccc1NC(=O)CC(F)(F)F. The van der Waals surface area contributed by atoms with E-state index in [0.717, 1.165) is 4.90 Å². The summed E-state index contributed by atoms with van der Waals surface area (Å²) >= 11 is 1.32. The third-order valence-corrected chi connectivity index (χ3v) is 3.47. The Morgan fingerprint density at radius 3 is 2.55 bits per heavy atom. The first kappa shape index (κ1) is 16.3. The summed E-state index contributed by atoms with van der Waals surface area (Å²) in [4.78, 5) is 20.3. The number of aryl methyl sites for hydroxylation is 1. The fourth-order valence-electron chi connectivity index (χ4n) is 1.66. The molecule has 8 heteroatoms. The van der Waals surface area contributed by atoms with E-state index < -0.39 is 18.5 Å². The van der Waals surface area contributed by atoms with Gasteiger partial charge in [0.1, 0.15) is 6.42 Å². The van der Waals surface area contributed by atoms with Gasteiger partial charge in [0, 0.05) is 23.0 Å². The standard InChI is InChI=1S/C14H12F3N3OS/c1-9-7-10(22-13-18-5-2-6-19-13)3-4-11(9)20-12(21)8-14(15,16)17/h2-7H,8H2,1H3,(H,20,21). The molecule has 0 fully saturated rings. The average molecular weight is 327 g/mol. The van der Waals surface area contributed by atoms with E-state index in [1.807, 2.05) is 0 Å². The molecule has 4 nitrogen and oxygen atoms in total. The van der Waals surface area contributed by atoms with Crippen LogP contribution in [0, 0.1) is 6.92 Å². The molecule has 0 saturated carbocycles. The molecule has 0 aliphatic heterocycles. The van der Waals surface area contributed by atoms with Crippen LogP contribution in [0.4, 0.5) is 18.9 Å². The molecule has 1 aromatic carbocycles. The summed E-state index contributed by atoms with van der Waals surface area (Å²) in [6.45, 7) is 1.71. The van der Waals surface area contributed by atoms with Crippen molar-refractivity contribution in [3.63, 3.8) is 0 Å². The molecule has 0 saturated heterocycles. The number of nitrogens with zero attached hydrogens (tertiary/aromatic N) is 2. The van der Waals surface area contributed by atoms with Crippen molar-refractivity contribution in [3.8, 4) is 0 Å². The van der Waals surface area contributed by atoms with Gasteiger partial charge in [0.25, 0.3) is 0 Å². The first-order chi connectivity index (χ1) is 10.3. The van der Waals surface area contributed by atoms with Gasteiger partial charge >= 0.3 is 6.18 Å². The molecule has 1 N–H and O–H groups in total. The number of rotatable bonds is 4. The third kappa shape index (κ3) is 5.03. The number of carbonyl (C=O) groups is 1. The van der Waals surface area contributed by atoms with E-state index in [2.05, 4.69) is 15.3 Å². The van der Waals surface area contributed by atoms with E-state index in [1.165, 1.54) is 11.8 Å². The van der Waals surface area contributed by atoms with Crippen molar-refractivity contribution in [2.75, 3.05) is 5.32 Å². The fourth-order valence-corrected chi connectivity index (χ4v) is 2.47. The van der Waals surface area contributed by atoms with E-state index in [9.17, 15) is 18.0 Å². The van der Waals surface area contributed by atoms with Gasteiger partial charge in [0.15, 0.2) is 5.16 Å². The smallest absolute Gasteiger partial charge is 0.326 e. The molecule has 0 unspecified atom stereocenters. The van der Waals surface area contributed by atoms with Crippen LogP contribution in [-0.2, 0) is 4.79 Å². The topological polar surface area (TPSA) is 54.9 Å². The summed E-state index contributed by atoms with van der Waals surface area (Å²) < 4.78 is 36.4. The third-order valence-electron chi connectivity index (χ3n) is 2.58. The van der Waals surface area contributed by atoms with Crippen molar-refractivity contribution in [2.45, 2.75) is 29.6 Å². The molecule has 0 spiro atoms. The number of alkyl halides is 3. The van der Waals surface area contributed by atoms with Gasteiger partial charge in [0.05, 0.1) is 0 Å². The molecule has 0 radical (unpaired) electrons. The summed E-state index contributed by atoms with van der Waals surface area (Å²) in [5, 5.41) is 2.82. The van der Waals surface area contributed by atoms with Crippen LogP contribution >= 0.6 is 11.8 Å². The minimum Gasteiger partial charge on any atom is -0.326 e. The van der Waals surface area contributed by atoms with Crippen LogP contribution in [-0.4, -0.2) is 22.1 Å². The summed E-state index contributed by atoms with van der Waals surface area (Å²) in [7, 11) is 0. The molecule has 1 aromatic heterocycles. The van der Waals surface area contributed by atoms with Gasteiger partial charge in [-0.3, -0.25) is 4.79 Å². The Kier molecular flexibility index (Phi) is 5.02. The van der Waals surface area contributed by atoms with Gasteiger partial charge in [-0.1, -0.05) is 0 Å². The highest BCUT2D eigenvalue weighted by atomic mass is 32.2. The van der Waals surface area contributed by atoms with Crippen LogP contribution in [0.3, 0.4) is 0 Å².